The van der Waals surface area contributed by atoms with Crippen molar-refractivity contribution in [3.05, 3.63) is 29.8 Å². The fourth-order valence-electron chi connectivity index (χ4n) is 1.45. The highest BCUT2D eigenvalue weighted by Crippen LogP contribution is 2.17. The SMILES string of the molecule is [2H]C([2H])([2H])C([2H])([2H])OC(=O)c1cccc(OC(CC)CC)c1. The zero-order valence-corrected chi connectivity index (χ0v) is 10.0. The molecule has 3 nitrogen and oxygen atoms in total. The number of ether oxygens (including phenoxy) is 2. The topological polar surface area (TPSA) is 35.5 Å². The number of carbonyl (C=O) groups is 1. The summed E-state index contributed by atoms with van der Waals surface area (Å²) in [4.78, 5) is 11.9. The van der Waals surface area contributed by atoms with Crippen molar-refractivity contribution in [3.8, 4) is 5.75 Å². The summed E-state index contributed by atoms with van der Waals surface area (Å²) in [6.07, 6.45) is 1.64. The Labute approximate surface area is 110 Å². The minimum Gasteiger partial charge on any atom is -0.490 e. The van der Waals surface area contributed by atoms with Crippen molar-refractivity contribution in [1.82, 2.24) is 0 Å². The zero-order chi connectivity index (χ0) is 17.0. The lowest BCUT2D eigenvalue weighted by molar-refractivity contribution is 0.0525. The van der Waals surface area contributed by atoms with Crippen LogP contribution >= 0.6 is 0 Å². The van der Waals surface area contributed by atoms with Gasteiger partial charge in [-0.3, -0.25) is 0 Å². The van der Waals surface area contributed by atoms with Crippen molar-refractivity contribution >= 4 is 5.97 Å². The van der Waals surface area contributed by atoms with Crippen molar-refractivity contribution in [3.63, 3.8) is 0 Å². The average Bonchev–Trinajstić information content (AvgIpc) is 2.43. The highest BCUT2D eigenvalue weighted by Gasteiger charge is 2.09. The number of carbonyl (C=O) groups excluding carboxylic acids is 1. The van der Waals surface area contributed by atoms with Gasteiger partial charge >= 0.3 is 5.97 Å². The fraction of sp³-hybridized carbons (Fsp3) is 0.500. The van der Waals surface area contributed by atoms with E-state index in [2.05, 4.69) is 4.74 Å². The second kappa shape index (κ2) is 6.94. The number of hydrogen-bond donors (Lipinski definition) is 0. The Bertz CT molecular complexity index is 509. The maximum atomic E-state index is 11.9. The van der Waals surface area contributed by atoms with Crippen LogP contribution in [0.25, 0.3) is 0 Å². The Balaban J connectivity index is 2.87. The Kier molecular flexibility index (Phi) is 3.16. The summed E-state index contributed by atoms with van der Waals surface area (Å²) < 4.78 is 45.9. The summed E-state index contributed by atoms with van der Waals surface area (Å²) >= 11 is 0. The van der Waals surface area contributed by atoms with E-state index in [-0.39, 0.29) is 11.7 Å². The lowest BCUT2D eigenvalue weighted by Gasteiger charge is -2.15. The van der Waals surface area contributed by atoms with E-state index in [1.807, 2.05) is 13.8 Å². The van der Waals surface area contributed by atoms with E-state index in [0.717, 1.165) is 12.8 Å². The summed E-state index contributed by atoms with van der Waals surface area (Å²) in [7, 11) is 0. The maximum absolute atomic E-state index is 11.9. The van der Waals surface area contributed by atoms with Crippen molar-refractivity contribution in [2.75, 3.05) is 6.56 Å². The molecule has 0 heterocycles. The first kappa shape index (κ1) is 7.75. The molecule has 0 saturated heterocycles. The van der Waals surface area contributed by atoms with Crippen molar-refractivity contribution in [2.45, 2.75) is 39.6 Å². The molecule has 0 aromatic heterocycles. The van der Waals surface area contributed by atoms with E-state index in [4.69, 9.17) is 11.6 Å². The molecule has 0 aliphatic carbocycles. The van der Waals surface area contributed by atoms with Gasteiger partial charge in [-0.15, -0.1) is 0 Å². The van der Waals surface area contributed by atoms with Crippen LogP contribution in [-0.2, 0) is 4.74 Å². The van der Waals surface area contributed by atoms with E-state index in [1.165, 1.54) is 12.1 Å². The molecular weight excluding hydrogens is 216 g/mol. The van der Waals surface area contributed by atoms with Crippen LogP contribution < -0.4 is 4.74 Å². The van der Waals surface area contributed by atoms with Gasteiger partial charge in [0.05, 0.1) is 21.0 Å². The van der Waals surface area contributed by atoms with E-state index < -0.39 is 19.4 Å². The van der Waals surface area contributed by atoms with Crippen molar-refractivity contribution < 1.29 is 21.1 Å². The molecule has 0 spiro atoms. The Morgan fingerprint density at radius 2 is 2.24 bits per heavy atom. The molecule has 0 saturated carbocycles. The normalized spacial score (nSPS) is 16.3. The van der Waals surface area contributed by atoms with Gasteiger partial charge in [0.25, 0.3) is 0 Å². The van der Waals surface area contributed by atoms with E-state index >= 15 is 0 Å². The molecule has 1 rings (SSSR count). The Morgan fingerprint density at radius 3 is 2.88 bits per heavy atom. The molecular formula is C14H20O3. The minimum atomic E-state index is -3.05. The summed E-state index contributed by atoms with van der Waals surface area (Å²) in [5.74, 6) is -0.589. The molecule has 0 amide bonds. The molecule has 0 N–H and O–H groups in total. The molecule has 17 heavy (non-hydrogen) atoms. The summed E-state index contributed by atoms with van der Waals surface area (Å²) in [6, 6.07) is 6.07. The lowest BCUT2D eigenvalue weighted by atomic mass is 10.2. The second-order valence-electron chi connectivity index (χ2n) is 3.58. The van der Waals surface area contributed by atoms with E-state index in [9.17, 15) is 4.79 Å². The van der Waals surface area contributed by atoms with Crippen LogP contribution in [-0.4, -0.2) is 18.6 Å². The Morgan fingerprint density at radius 1 is 1.47 bits per heavy atom. The van der Waals surface area contributed by atoms with Gasteiger partial charge in [0.2, 0.25) is 0 Å². The minimum absolute atomic E-state index is 0.0140. The molecule has 0 atom stereocenters. The predicted octanol–water partition coefficient (Wildman–Crippen LogP) is 3.43. The van der Waals surface area contributed by atoms with Gasteiger partial charge in [0, 0.05) is 4.11 Å². The monoisotopic (exact) mass is 241 g/mol. The van der Waals surface area contributed by atoms with Crippen LogP contribution in [0.1, 0.15) is 50.8 Å². The average molecular weight is 241 g/mol. The highest BCUT2D eigenvalue weighted by atomic mass is 16.5. The molecule has 94 valence electrons. The summed E-state index contributed by atoms with van der Waals surface area (Å²) in [5.41, 5.74) is 0.0385. The predicted molar refractivity (Wildman–Crippen MR) is 67.4 cm³/mol. The van der Waals surface area contributed by atoms with Gasteiger partial charge in [0.1, 0.15) is 5.75 Å². The molecule has 0 radical (unpaired) electrons. The quantitative estimate of drug-likeness (QED) is 0.716. The van der Waals surface area contributed by atoms with Gasteiger partial charge in [0.15, 0.2) is 0 Å². The third-order valence-electron chi connectivity index (χ3n) is 2.43. The van der Waals surface area contributed by atoms with Gasteiger partial charge in [-0.2, -0.15) is 0 Å². The number of hydrogen-bond acceptors (Lipinski definition) is 3. The molecule has 0 unspecified atom stereocenters. The number of benzene rings is 1. The van der Waals surface area contributed by atoms with Gasteiger partial charge in [-0.05, 0) is 37.9 Å². The molecule has 0 bridgehead atoms. The smallest absolute Gasteiger partial charge is 0.338 e. The van der Waals surface area contributed by atoms with Crippen LogP contribution in [0.3, 0.4) is 0 Å². The largest absolute Gasteiger partial charge is 0.490 e. The van der Waals surface area contributed by atoms with Crippen LogP contribution in [0.15, 0.2) is 24.3 Å². The molecule has 0 aliphatic rings. The first-order valence-corrected chi connectivity index (χ1v) is 5.60. The van der Waals surface area contributed by atoms with Crippen LogP contribution in [0.4, 0.5) is 0 Å². The maximum Gasteiger partial charge on any atom is 0.338 e. The number of esters is 1. The number of rotatable bonds is 6. The molecule has 1 aromatic carbocycles. The highest BCUT2D eigenvalue weighted by molar-refractivity contribution is 5.89. The fourth-order valence-corrected chi connectivity index (χ4v) is 1.45. The zero-order valence-electron chi connectivity index (χ0n) is 15.0. The van der Waals surface area contributed by atoms with Gasteiger partial charge in [-0.1, -0.05) is 19.9 Å². The summed E-state index contributed by atoms with van der Waals surface area (Å²) in [6.45, 7) is -2.13. The Hall–Kier alpha value is -1.51. The molecule has 3 heteroatoms. The van der Waals surface area contributed by atoms with Crippen LogP contribution in [0.5, 0.6) is 5.75 Å². The summed E-state index contributed by atoms with van der Waals surface area (Å²) in [5, 5.41) is 0. The first-order valence-electron chi connectivity index (χ1n) is 8.10. The third kappa shape index (κ3) is 4.10. The molecule has 0 aliphatic heterocycles. The van der Waals surface area contributed by atoms with E-state index in [1.54, 1.807) is 12.1 Å². The first-order chi connectivity index (χ1) is 10.1. The van der Waals surface area contributed by atoms with Crippen LogP contribution in [0, 0.1) is 0 Å². The van der Waals surface area contributed by atoms with Gasteiger partial charge < -0.3 is 9.47 Å². The van der Waals surface area contributed by atoms with E-state index in [0.29, 0.717) is 5.75 Å². The second-order valence-corrected chi connectivity index (χ2v) is 3.58. The van der Waals surface area contributed by atoms with Crippen LogP contribution in [0.2, 0.25) is 0 Å². The van der Waals surface area contributed by atoms with Crippen molar-refractivity contribution in [1.29, 1.82) is 0 Å². The standard InChI is InChI=1S/C14H20O3/c1-4-12(5-2)17-13-9-7-8-11(10-13)14(15)16-6-3/h7-10,12H,4-6H2,1-3H3/i3D3,6D2. The van der Waals surface area contributed by atoms with Gasteiger partial charge in [-0.25, -0.2) is 4.79 Å². The molecule has 0 fully saturated rings. The molecule has 1 aromatic rings. The lowest BCUT2D eigenvalue weighted by Crippen LogP contribution is -2.14. The third-order valence-corrected chi connectivity index (χ3v) is 2.43. The van der Waals surface area contributed by atoms with Crippen molar-refractivity contribution in [2.24, 2.45) is 0 Å².